The van der Waals surface area contributed by atoms with Gasteiger partial charge in [0.15, 0.2) is 0 Å². The summed E-state index contributed by atoms with van der Waals surface area (Å²) in [4.78, 5) is 0. The molecule has 0 spiro atoms. The zero-order valence-electron chi connectivity index (χ0n) is 10.3. The summed E-state index contributed by atoms with van der Waals surface area (Å²) in [6, 6.07) is 10.0. The minimum atomic E-state index is -0.482. The van der Waals surface area contributed by atoms with Crippen molar-refractivity contribution in [3.8, 4) is 0 Å². The molecule has 0 radical (unpaired) electrons. The molecule has 0 amide bonds. The lowest BCUT2D eigenvalue weighted by molar-refractivity contribution is 0.175. The highest BCUT2D eigenvalue weighted by Gasteiger charge is 2.15. The lowest BCUT2D eigenvalue weighted by Gasteiger charge is -2.12. The van der Waals surface area contributed by atoms with E-state index in [1.807, 2.05) is 25.1 Å². The Balaban J connectivity index is 2.17. The van der Waals surface area contributed by atoms with Crippen LogP contribution in [0.2, 0.25) is 0 Å². The van der Waals surface area contributed by atoms with Crippen molar-refractivity contribution in [1.82, 2.24) is 0 Å². The van der Waals surface area contributed by atoms with Gasteiger partial charge in [0, 0.05) is 18.4 Å². The second-order valence-corrected chi connectivity index (χ2v) is 4.30. The summed E-state index contributed by atoms with van der Waals surface area (Å²) < 4.78 is 5.34. The molecule has 2 aromatic rings. The summed E-state index contributed by atoms with van der Waals surface area (Å²) in [6.07, 6.45) is 2.62. The third-order valence-electron chi connectivity index (χ3n) is 3.13. The first-order valence-electron chi connectivity index (χ1n) is 6.01. The maximum absolute atomic E-state index is 10.2. The van der Waals surface area contributed by atoms with Gasteiger partial charge < -0.3 is 9.52 Å². The normalized spacial score (nSPS) is 12.6. The molecular weight excluding hydrogens is 212 g/mol. The van der Waals surface area contributed by atoms with Crippen LogP contribution in [0.1, 0.15) is 35.5 Å². The highest BCUT2D eigenvalue weighted by molar-refractivity contribution is 5.29. The topological polar surface area (TPSA) is 33.4 Å². The van der Waals surface area contributed by atoms with E-state index in [0.29, 0.717) is 6.42 Å². The average Bonchev–Trinajstić information content (AvgIpc) is 2.80. The second kappa shape index (κ2) is 5.19. The highest BCUT2D eigenvalue weighted by Crippen LogP contribution is 2.24. The van der Waals surface area contributed by atoms with Gasteiger partial charge in [-0.1, -0.05) is 31.2 Å². The molecule has 2 nitrogen and oxygen atoms in total. The van der Waals surface area contributed by atoms with Crippen molar-refractivity contribution in [1.29, 1.82) is 0 Å². The van der Waals surface area contributed by atoms with Gasteiger partial charge in [-0.25, -0.2) is 0 Å². The van der Waals surface area contributed by atoms with Gasteiger partial charge in [0.25, 0.3) is 0 Å². The number of rotatable bonds is 4. The van der Waals surface area contributed by atoms with Crippen LogP contribution >= 0.6 is 0 Å². The van der Waals surface area contributed by atoms with Crippen molar-refractivity contribution in [2.75, 3.05) is 0 Å². The van der Waals surface area contributed by atoms with E-state index in [4.69, 9.17) is 4.42 Å². The van der Waals surface area contributed by atoms with Crippen LogP contribution < -0.4 is 0 Å². The fourth-order valence-corrected chi connectivity index (χ4v) is 2.09. The van der Waals surface area contributed by atoms with Crippen molar-refractivity contribution in [2.45, 2.75) is 32.8 Å². The van der Waals surface area contributed by atoms with Gasteiger partial charge in [-0.3, -0.25) is 0 Å². The maximum Gasteiger partial charge on any atom is 0.109 e. The lowest BCUT2D eigenvalue weighted by atomic mass is 9.98. The molecule has 2 heteroatoms. The zero-order valence-corrected chi connectivity index (χ0v) is 10.3. The molecule has 1 atom stereocenters. The van der Waals surface area contributed by atoms with Gasteiger partial charge in [-0.15, -0.1) is 0 Å². The van der Waals surface area contributed by atoms with Gasteiger partial charge in [0.05, 0.1) is 12.4 Å². The number of aliphatic hydroxyl groups excluding tert-OH is 1. The van der Waals surface area contributed by atoms with Crippen LogP contribution in [-0.4, -0.2) is 5.11 Å². The molecule has 0 fully saturated rings. The number of furan rings is 1. The summed E-state index contributed by atoms with van der Waals surface area (Å²) in [5.41, 5.74) is 3.31. The molecule has 1 aromatic heterocycles. The Morgan fingerprint density at radius 1 is 1.24 bits per heavy atom. The van der Waals surface area contributed by atoms with Gasteiger partial charge in [0.1, 0.15) is 5.76 Å². The molecule has 0 saturated heterocycles. The molecule has 0 bridgehead atoms. The van der Waals surface area contributed by atoms with Gasteiger partial charge in [-0.2, -0.15) is 0 Å². The fourth-order valence-electron chi connectivity index (χ4n) is 2.09. The van der Waals surface area contributed by atoms with Crippen molar-refractivity contribution >= 4 is 0 Å². The summed E-state index contributed by atoms with van der Waals surface area (Å²) in [7, 11) is 0. The van der Waals surface area contributed by atoms with Crippen LogP contribution in [0, 0.1) is 6.92 Å². The Bertz CT molecular complexity index is 485. The molecule has 90 valence electrons. The lowest BCUT2D eigenvalue weighted by Crippen LogP contribution is -2.04. The van der Waals surface area contributed by atoms with E-state index in [-0.39, 0.29) is 0 Å². The third-order valence-corrected chi connectivity index (χ3v) is 3.13. The van der Waals surface area contributed by atoms with Crippen molar-refractivity contribution in [3.05, 3.63) is 59.0 Å². The van der Waals surface area contributed by atoms with Crippen molar-refractivity contribution in [3.63, 3.8) is 0 Å². The van der Waals surface area contributed by atoms with Gasteiger partial charge in [-0.05, 0) is 24.1 Å². The Morgan fingerprint density at radius 2 is 2.00 bits per heavy atom. The molecule has 1 heterocycles. The third kappa shape index (κ3) is 2.59. The van der Waals surface area contributed by atoms with Crippen molar-refractivity contribution < 1.29 is 9.52 Å². The fraction of sp³-hybridized carbons (Fsp3) is 0.333. The molecule has 2 rings (SSSR count). The Labute approximate surface area is 102 Å². The number of hydrogen-bond donors (Lipinski definition) is 1. The molecule has 1 unspecified atom stereocenters. The molecule has 1 aromatic carbocycles. The van der Waals surface area contributed by atoms with Gasteiger partial charge in [0.2, 0.25) is 0 Å². The average molecular weight is 230 g/mol. The van der Waals surface area contributed by atoms with E-state index in [0.717, 1.165) is 17.7 Å². The molecule has 0 saturated carbocycles. The Morgan fingerprint density at radius 3 is 2.71 bits per heavy atom. The first-order valence-corrected chi connectivity index (χ1v) is 6.01. The quantitative estimate of drug-likeness (QED) is 0.873. The minimum Gasteiger partial charge on any atom is -0.469 e. The molecule has 0 aliphatic carbocycles. The van der Waals surface area contributed by atoms with E-state index in [1.54, 1.807) is 6.26 Å². The zero-order chi connectivity index (χ0) is 12.3. The van der Waals surface area contributed by atoms with E-state index in [9.17, 15) is 5.11 Å². The number of hydrogen-bond acceptors (Lipinski definition) is 2. The number of benzene rings is 1. The minimum absolute atomic E-state index is 0.482. The first kappa shape index (κ1) is 11.9. The van der Waals surface area contributed by atoms with E-state index in [2.05, 4.69) is 19.1 Å². The standard InChI is InChI=1S/C15H18O2/c1-3-15-13(8-9-17-15)14(16)10-12-7-5-4-6-11(12)2/h4-9,14,16H,3,10H2,1-2H3. The first-order chi connectivity index (χ1) is 8.22. The van der Waals surface area contributed by atoms with Crippen molar-refractivity contribution in [2.24, 2.45) is 0 Å². The number of aliphatic hydroxyl groups is 1. The predicted molar refractivity (Wildman–Crippen MR) is 67.9 cm³/mol. The predicted octanol–water partition coefficient (Wildman–Crippen LogP) is 3.43. The summed E-state index contributed by atoms with van der Waals surface area (Å²) in [5, 5.41) is 10.2. The molecule has 17 heavy (non-hydrogen) atoms. The highest BCUT2D eigenvalue weighted by atomic mass is 16.3. The molecular formula is C15H18O2. The van der Waals surface area contributed by atoms with Crippen LogP contribution in [0.25, 0.3) is 0 Å². The largest absolute Gasteiger partial charge is 0.469 e. The summed E-state index contributed by atoms with van der Waals surface area (Å²) in [5.74, 6) is 0.881. The van der Waals surface area contributed by atoms with E-state index >= 15 is 0 Å². The number of aryl methyl sites for hydroxylation is 2. The van der Waals surface area contributed by atoms with Gasteiger partial charge >= 0.3 is 0 Å². The molecule has 0 aliphatic heterocycles. The Kier molecular flexibility index (Phi) is 3.64. The molecule has 1 N–H and O–H groups in total. The smallest absolute Gasteiger partial charge is 0.109 e. The van der Waals surface area contributed by atoms with Crippen LogP contribution in [0.15, 0.2) is 41.0 Å². The van der Waals surface area contributed by atoms with Crippen LogP contribution in [0.3, 0.4) is 0 Å². The van der Waals surface area contributed by atoms with E-state index < -0.39 is 6.10 Å². The summed E-state index contributed by atoms with van der Waals surface area (Å²) >= 11 is 0. The monoisotopic (exact) mass is 230 g/mol. The van der Waals surface area contributed by atoms with E-state index in [1.165, 1.54) is 11.1 Å². The Hall–Kier alpha value is -1.54. The SMILES string of the molecule is CCc1occc1C(O)Cc1ccccc1C. The van der Waals surface area contributed by atoms with Crippen LogP contribution in [0.4, 0.5) is 0 Å². The van der Waals surface area contributed by atoms with Crippen LogP contribution in [0.5, 0.6) is 0 Å². The maximum atomic E-state index is 10.2. The van der Waals surface area contributed by atoms with Crippen LogP contribution in [-0.2, 0) is 12.8 Å². The second-order valence-electron chi connectivity index (χ2n) is 4.30. The summed E-state index contributed by atoms with van der Waals surface area (Å²) in [6.45, 7) is 4.10. The molecule has 0 aliphatic rings.